The number of fused-ring (bicyclic) bond motifs is 1. The molecule has 1 saturated heterocycles. The fourth-order valence-corrected chi connectivity index (χ4v) is 4.13. The van der Waals surface area contributed by atoms with Gasteiger partial charge in [0.25, 0.3) is 11.5 Å². The third-order valence-corrected chi connectivity index (χ3v) is 6.13. The Labute approximate surface area is 202 Å². The number of aromatic nitrogens is 2. The van der Waals surface area contributed by atoms with E-state index in [0.29, 0.717) is 54.1 Å². The van der Waals surface area contributed by atoms with Gasteiger partial charge in [-0.1, -0.05) is 6.07 Å². The zero-order valence-electron chi connectivity index (χ0n) is 20.0. The fraction of sp³-hybridized carbons (Fsp3) is 0.400. The number of ether oxygens (including phenoxy) is 3. The normalized spacial score (nSPS) is 14.1. The molecule has 35 heavy (non-hydrogen) atoms. The molecule has 1 fully saturated rings. The van der Waals surface area contributed by atoms with Crippen molar-refractivity contribution in [2.75, 3.05) is 53.6 Å². The molecule has 0 atom stereocenters. The van der Waals surface area contributed by atoms with Crippen LogP contribution in [0.2, 0.25) is 0 Å². The predicted molar refractivity (Wildman–Crippen MR) is 132 cm³/mol. The second-order valence-electron chi connectivity index (χ2n) is 8.30. The van der Waals surface area contributed by atoms with Crippen molar-refractivity contribution in [1.29, 1.82) is 0 Å². The van der Waals surface area contributed by atoms with Crippen LogP contribution in [0.25, 0.3) is 10.9 Å². The minimum atomic E-state index is -0.521. The standard InChI is InChI=1S/C25H30N4O6/c1-33-21-6-3-17(15-22(21)34-2)7-9-29-24(31)19-5-4-18(16-20(19)27-25(29)32)23(30)26-8-10-28-11-13-35-14-12-28/h3-6,15-16H,7-14H2,1-2H3,(H,26,30)(H,27,32). The van der Waals surface area contributed by atoms with E-state index in [1.54, 1.807) is 38.5 Å². The van der Waals surface area contributed by atoms with Crippen molar-refractivity contribution in [2.45, 2.75) is 13.0 Å². The van der Waals surface area contributed by atoms with Crippen LogP contribution >= 0.6 is 0 Å². The molecule has 1 aromatic heterocycles. The number of morpholine rings is 1. The molecule has 2 aromatic carbocycles. The number of carbonyl (C=O) groups is 1. The summed E-state index contributed by atoms with van der Waals surface area (Å²) in [7, 11) is 3.12. The average molecular weight is 483 g/mol. The van der Waals surface area contributed by atoms with Gasteiger partial charge in [-0.2, -0.15) is 0 Å². The lowest BCUT2D eigenvalue weighted by atomic mass is 10.1. The fourth-order valence-electron chi connectivity index (χ4n) is 4.13. The number of methoxy groups -OCH3 is 2. The van der Waals surface area contributed by atoms with Crippen LogP contribution in [0, 0.1) is 0 Å². The molecule has 2 heterocycles. The molecule has 0 unspecified atom stereocenters. The molecule has 0 radical (unpaired) electrons. The molecule has 186 valence electrons. The van der Waals surface area contributed by atoms with Crippen LogP contribution in [-0.4, -0.2) is 74.0 Å². The molecule has 3 aromatic rings. The third kappa shape index (κ3) is 5.72. The van der Waals surface area contributed by atoms with E-state index in [1.165, 1.54) is 4.57 Å². The van der Waals surface area contributed by atoms with Crippen molar-refractivity contribution in [3.05, 3.63) is 68.4 Å². The number of hydrogen-bond acceptors (Lipinski definition) is 7. The summed E-state index contributed by atoms with van der Waals surface area (Å²) in [5.41, 5.74) is 0.704. The minimum Gasteiger partial charge on any atom is -0.493 e. The summed E-state index contributed by atoms with van der Waals surface area (Å²) in [5.74, 6) is 0.942. The van der Waals surface area contributed by atoms with Gasteiger partial charge in [0.05, 0.1) is 38.3 Å². The monoisotopic (exact) mass is 482 g/mol. The van der Waals surface area contributed by atoms with Gasteiger partial charge in [0.15, 0.2) is 11.5 Å². The van der Waals surface area contributed by atoms with Crippen LogP contribution in [0.15, 0.2) is 46.0 Å². The van der Waals surface area contributed by atoms with Gasteiger partial charge in [0.2, 0.25) is 0 Å². The number of rotatable bonds is 9. The van der Waals surface area contributed by atoms with Gasteiger partial charge >= 0.3 is 5.69 Å². The number of nitrogens with zero attached hydrogens (tertiary/aromatic N) is 2. The number of H-pyrrole nitrogens is 1. The molecule has 0 bridgehead atoms. The Morgan fingerprint density at radius 3 is 2.54 bits per heavy atom. The molecule has 1 amide bonds. The Morgan fingerprint density at radius 2 is 1.80 bits per heavy atom. The summed E-state index contributed by atoms with van der Waals surface area (Å²) in [6.45, 7) is 4.56. The second-order valence-corrected chi connectivity index (χ2v) is 8.30. The largest absolute Gasteiger partial charge is 0.493 e. The molecule has 10 heteroatoms. The number of benzene rings is 2. The highest BCUT2D eigenvalue weighted by Gasteiger charge is 2.14. The first-order valence-electron chi connectivity index (χ1n) is 11.6. The molecule has 0 spiro atoms. The third-order valence-electron chi connectivity index (χ3n) is 6.13. The van der Waals surface area contributed by atoms with Gasteiger partial charge in [0, 0.05) is 38.3 Å². The maximum atomic E-state index is 13.0. The SMILES string of the molecule is COc1ccc(CCn2c(=O)[nH]c3cc(C(=O)NCCN4CCOCC4)ccc3c2=O)cc1OC. The lowest BCUT2D eigenvalue weighted by molar-refractivity contribution is 0.0383. The second kappa shape index (κ2) is 11.2. The summed E-state index contributed by atoms with van der Waals surface area (Å²) in [6, 6.07) is 10.2. The number of carbonyl (C=O) groups excluding carboxylic acids is 1. The van der Waals surface area contributed by atoms with Crippen LogP contribution in [0.1, 0.15) is 15.9 Å². The average Bonchev–Trinajstić information content (AvgIpc) is 2.88. The highest BCUT2D eigenvalue weighted by molar-refractivity contribution is 5.97. The quantitative estimate of drug-likeness (QED) is 0.468. The Balaban J connectivity index is 1.45. The minimum absolute atomic E-state index is 0.198. The van der Waals surface area contributed by atoms with Gasteiger partial charge < -0.3 is 24.5 Å². The van der Waals surface area contributed by atoms with E-state index in [0.717, 1.165) is 25.2 Å². The number of aromatic amines is 1. The number of amides is 1. The van der Waals surface area contributed by atoms with Gasteiger partial charge in [-0.15, -0.1) is 0 Å². The van der Waals surface area contributed by atoms with Crippen LogP contribution in [0.4, 0.5) is 0 Å². The van der Waals surface area contributed by atoms with Crippen LogP contribution < -0.4 is 26.0 Å². The Bertz CT molecular complexity index is 1310. The van der Waals surface area contributed by atoms with E-state index < -0.39 is 11.2 Å². The molecule has 2 N–H and O–H groups in total. The summed E-state index contributed by atoms with van der Waals surface area (Å²) < 4.78 is 17.1. The molecule has 0 aliphatic carbocycles. The van der Waals surface area contributed by atoms with Gasteiger partial charge in [-0.05, 0) is 42.3 Å². The molecule has 4 rings (SSSR count). The van der Waals surface area contributed by atoms with E-state index in [9.17, 15) is 14.4 Å². The first-order valence-corrected chi connectivity index (χ1v) is 11.6. The van der Waals surface area contributed by atoms with Crippen molar-refractivity contribution in [3.8, 4) is 11.5 Å². The van der Waals surface area contributed by atoms with E-state index in [1.807, 2.05) is 12.1 Å². The summed E-state index contributed by atoms with van der Waals surface area (Å²) in [5, 5.41) is 3.24. The van der Waals surface area contributed by atoms with Crippen LogP contribution in [0.3, 0.4) is 0 Å². The molecular weight excluding hydrogens is 452 g/mol. The Kier molecular flexibility index (Phi) is 7.84. The lowest BCUT2D eigenvalue weighted by Gasteiger charge is -2.26. The van der Waals surface area contributed by atoms with Gasteiger partial charge in [-0.25, -0.2) is 4.79 Å². The zero-order valence-corrected chi connectivity index (χ0v) is 20.0. The van der Waals surface area contributed by atoms with E-state index in [4.69, 9.17) is 14.2 Å². The van der Waals surface area contributed by atoms with Crippen molar-refractivity contribution < 1.29 is 19.0 Å². The van der Waals surface area contributed by atoms with E-state index in [2.05, 4.69) is 15.2 Å². The first kappa shape index (κ1) is 24.5. The highest BCUT2D eigenvalue weighted by atomic mass is 16.5. The summed E-state index contributed by atoms with van der Waals surface area (Å²) in [4.78, 5) is 43.2. The first-order chi connectivity index (χ1) is 17.0. The Hall–Kier alpha value is -3.63. The maximum absolute atomic E-state index is 13.0. The summed E-state index contributed by atoms with van der Waals surface area (Å²) in [6.07, 6.45) is 0.457. The van der Waals surface area contributed by atoms with E-state index >= 15 is 0 Å². The predicted octanol–water partition coefficient (Wildman–Crippen LogP) is 1.01. The highest BCUT2D eigenvalue weighted by Crippen LogP contribution is 2.27. The topological polar surface area (TPSA) is 115 Å². The number of nitrogens with one attached hydrogen (secondary N) is 2. The molecule has 10 nitrogen and oxygen atoms in total. The lowest BCUT2D eigenvalue weighted by Crippen LogP contribution is -2.41. The van der Waals surface area contributed by atoms with E-state index in [-0.39, 0.29) is 12.5 Å². The number of aryl methyl sites for hydroxylation is 1. The van der Waals surface area contributed by atoms with Crippen molar-refractivity contribution in [2.24, 2.45) is 0 Å². The summed E-state index contributed by atoms with van der Waals surface area (Å²) >= 11 is 0. The molecule has 0 saturated carbocycles. The van der Waals surface area contributed by atoms with Crippen molar-refractivity contribution in [3.63, 3.8) is 0 Å². The van der Waals surface area contributed by atoms with Gasteiger partial charge in [0.1, 0.15) is 0 Å². The maximum Gasteiger partial charge on any atom is 0.328 e. The van der Waals surface area contributed by atoms with Crippen LogP contribution in [0.5, 0.6) is 11.5 Å². The smallest absolute Gasteiger partial charge is 0.328 e. The number of hydrogen-bond donors (Lipinski definition) is 2. The molecule has 1 aliphatic rings. The molecule has 1 aliphatic heterocycles. The van der Waals surface area contributed by atoms with Crippen LogP contribution in [-0.2, 0) is 17.7 Å². The van der Waals surface area contributed by atoms with Crippen molar-refractivity contribution >= 4 is 16.8 Å². The van der Waals surface area contributed by atoms with Gasteiger partial charge in [-0.3, -0.25) is 19.1 Å². The Morgan fingerprint density at radius 1 is 1.03 bits per heavy atom. The molecular formula is C25H30N4O6. The van der Waals surface area contributed by atoms with Crippen molar-refractivity contribution in [1.82, 2.24) is 19.8 Å². The zero-order chi connectivity index (χ0) is 24.8.